The molecule has 0 aliphatic heterocycles. The molecule has 0 radical (unpaired) electrons. The summed E-state index contributed by atoms with van der Waals surface area (Å²) in [6.45, 7) is 6.07. The smallest absolute Gasteiger partial charge is 0.371 e. The highest BCUT2D eigenvalue weighted by molar-refractivity contribution is 7.80. The first-order chi connectivity index (χ1) is 14.2. The molecule has 3 aromatic rings. The van der Waals surface area contributed by atoms with Gasteiger partial charge in [0.15, 0.2) is 5.11 Å². The number of carbonyl (C=O) groups excluding carboxylic acids is 1. The summed E-state index contributed by atoms with van der Waals surface area (Å²) < 4.78 is 5.35. The number of hydrogen-bond donors (Lipinski definition) is 3. The highest BCUT2D eigenvalue weighted by atomic mass is 32.1. The van der Waals surface area contributed by atoms with Crippen molar-refractivity contribution in [2.24, 2.45) is 0 Å². The van der Waals surface area contributed by atoms with Crippen molar-refractivity contribution in [3.8, 4) is 11.3 Å². The number of benzene rings is 2. The molecule has 3 rings (SSSR count). The summed E-state index contributed by atoms with van der Waals surface area (Å²) in [6, 6.07) is 15.9. The zero-order chi connectivity index (χ0) is 21.8. The summed E-state index contributed by atoms with van der Waals surface area (Å²) in [5.74, 6) is -0.646. The standard InChI is InChI=1S/C23H22N2O4S/c1-13(2)15-4-6-16(7-5-15)21(26)25-23(30)24-17-8-9-18(14(3)12-17)19-10-11-20(29-19)22(27)28/h4-13H,1-3H3,(H,27,28)(H2,24,25,26,30). The summed E-state index contributed by atoms with van der Waals surface area (Å²) in [5.41, 5.74) is 4.02. The molecule has 1 amide bonds. The number of amides is 1. The van der Waals surface area contributed by atoms with Crippen LogP contribution in [-0.2, 0) is 0 Å². The van der Waals surface area contributed by atoms with E-state index >= 15 is 0 Å². The Morgan fingerprint density at radius 2 is 1.73 bits per heavy atom. The van der Waals surface area contributed by atoms with Crippen LogP contribution < -0.4 is 10.6 Å². The van der Waals surface area contributed by atoms with E-state index in [1.54, 1.807) is 30.3 Å². The molecule has 0 atom stereocenters. The van der Waals surface area contributed by atoms with E-state index < -0.39 is 5.97 Å². The number of aryl methyl sites for hydroxylation is 1. The lowest BCUT2D eigenvalue weighted by Gasteiger charge is -2.12. The van der Waals surface area contributed by atoms with Crippen LogP contribution in [0.5, 0.6) is 0 Å². The molecule has 0 unspecified atom stereocenters. The van der Waals surface area contributed by atoms with E-state index in [-0.39, 0.29) is 16.8 Å². The van der Waals surface area contributed by atoms with Crippen molar-refractivity contribution < 1.29 is 19.1 Å². The first-order valence-corrected chi connectivity index (χ1v) is 9.82. The minimum Gasteiger partial charge on any atom is -0.475 e. The molecule has 2 aromatic carbocycles. The van der Waals surface area contributed by atoms with Crippen molar-refractivity contribution >= 4 is 34.9 Å². The summed E-state index contributed by atoms with van der Waals surface area (Å²) in [5, 5.41) is 14.8. The molecule has 1 aromatic heterocycles. The summed E-state index contributed by atoms with van der Waals surface area (Å²) in [7, 11) is 0. The Morgan fingerprint density at radius 3 is 2.30 bits per heavy atom. The number of anilines is 1. The van der Waals surface area contributed by atoms with E-state index in [4.69, 9.17) is 21.7 Å². The number of thiocarbonyl (C=S) groups is 1. The average Bonchev–Trinajstić information content (AvgIpc) is 3.18. The fourth-order valence-corrected chi connectivity index (χ4v) is 3.18. The number of rotatable bonds is 5. The fourth-order valence-electron chi connectivity index (χ4n) is 2.97. The highest BCUT2D eigenvalue weighted by Crippen LogP contribution is 2.27. The van der Waals surface area contributed by atoms with Gasteiger partial charge >= 0.3 is 5.97 Å². The van der Waals surface area contributed by atoms with E-state index in [2.05, 4.69) is 24.5 Å². The molecule has 0 saturated carbocycles. The third-order valence-corrected chi connectivity index (χ3v) is 4.84. The van der Waals surface area contributed by atoms with Gasteiger partial charge in [0.25, 0.3) is 5.91 Å². The fraction of sp³-hybridized carbons (Fsp3) is 0.174. The van der Waals surface area contributed by atoms with Crippen molar-refractivity contribution in [3.05, 3.63) is 77.0 Å². The topological polar surface area (TPSA) is 91.6 Å². The molecule has 0 spiro atoms. The summed E-state index contributed by atoms with van der Waals surface area (Å²) in [4.78, 5) is 23.4. The predicted octanol–water partition coefficient (Wildman–Crippen LogP) is 5.20. The Morgan fingerprint density at radius 1 is 1.03 bits per heavy atom. The van der Waals surface area contributed by atoms with Gasteiger partial charge in [-0.05, 0) is 78.7 Å². The Labute approximate surface area is 179 Å². The molecule has 3 N–H and O–H groups in total. The van der Waals surface area contributed by atoms with Gasteiger partial charge in [-0.2, -0.15) is 0 Å². The number of furan rings is 1. The molecule has 0 saturated heterocycles. The largest absolute Gasteiger partial charge is 0.475 e. The molecule has 0 aliphatic rings. The van der Waals surface area contributed by atoms with Crippen LogP contribution in [0.3, 0.4) is 0 Å². The van der Waals surface area contributed by atoms with Crippen LogP contribution in [0.25, 0.3) is 11.3 Å². The SMILES string of the molecule is Cc1cc(NC(=S)NC(=O)c2ccc(C(C)C)cc2)ccc1-c1ccc(C(=O)O)o1. The molecule has 1 heterocycles. The number of aromatic carboxylic acids is 1. The predicted molar refractivity (Wildman–Crippen MR) is 120 cm³/mol. The molecular formula is C23H22N2O4S. The molecule has 0 fully saturated rings. The van der Waals surface area contributed by atoms with Gasteiger partial charge in [-0.15, -0.1) is 0 Å². The van der Waals surface area contributed by atoms with Crippen LogP contribution in [0, 0.1) is 6.92 Å². The molecule has 7 heteroatoms. The average molecular weight is 423 g/mol. The van der Waals surface area contributed by atoms with Gasteiger partial charge in [0.2, 0.25) is 5.76 Å². The minimum absolute atomic E-state index is 0.114. The van der Waals surface area contributed by atoms with E-state index in [0.29, 0.717) is 22.9 Å². The number of carbonyl (C=O) groups is 2. The minimum atomic E-state index is -1.11. The Kier molecular flexibility index (Phi) is 6.32. The monoisotopic (exact) mass is 422 g/mol. The lowest BCUT2D eigenvalue weighted by atomic mass is 10.0. The Balaban J connectivity index is 1.65. The van der Waals surface area contributed by atoms with Gasteiger partial charge < -0.3 is 14.8 Å². The summed E-state index contributed by atoms with van der Waals surface area (Å²) >= 11 is 5.25. The van der Waals surface area contributed by atoms with Crippen molar-refractivity contribution in [1.29, 1.82) is 0 Å². The van der Waals surface area contributed by atoms with Gasteiger partial charge in [-0.1, -0.05) is 26.0 Å². The van der Waals surface area contributed by atoms with Crippen LogP contribution in [0.15, 0.2) is 59.0 Å². The number of carboxylic acids is 1. The second kappa shape index (κ2) is 8.92. The molecule has 30 heavy (non-hydrogen) atoms. The second-order valence-electron chi connectivity index (χ2n) is 7.18. The Bertz CT molecular complexity index is 1100. The number of hydrogen-bond acceptors (Lipinski definition) is 4. The van der Waals surface area contributed by atoms with Crippen LogP contribution >= 0.6 is 12.2 Å². The lowest BCUT2D eigenvalue weighted by Crippen LogP contribution is -2.34. The van der Waals surface area contributed by atoms with Gasteiger partial charge in [-0.25, -0.2) is 4.79 Å². The lowest BCUT2D eigenvalue weighted by molar-refractivity contribution is 0.0663. The van der Waals surface area contributed by atoms with E-state index in [1.165, 1.54) is 6.07 Å². The van der Waals surface area contributed by atoms with E-state index in [9.17, 15) is 9.59 Å². The zero-order valence-corrected chi connectivity index (χ0v) is 17.7. The molecule has 0 aliphatic carbocycles. The van der Waals surface area contributed by atoms with Crippen molar-refractivity contribution in [2.75, 3.05) is 5.32 Å². The first kappa shape index (κ1) is 21.3. The van der Waals surface area contributed by atoms with Crippen LogP contribution in [0.1, 0.15) is 51.8 Å². The van der Waals surface area contributed by atoms with Gasteiger partial charge in [0.05, 0.1) is 0 Å². The second-order valence-corrected chi connectivity index (χ2v) is 7.59. The molecule has 6 nitrogen and oxygen atoms in total. The van der Waals surface area contributed by atoms with Crippen molar-refractivity contribution in [3.63, 3.8) is 0 Å². The van der Waals surface area contributed by atoms with Gasteiger partial charge in [0, 0.05) is 16.8 Å². The van der Waals surface area contributed by atoms with Gasteiger partial charge in [0.1, 0.15) is 5.76 Å². The highest BCUT2D eigenvalue weighted by Gasteiger charge is 2.13. The third kappa shape index (κ3) is 4.93. The van der Waals surface area contributed by atoms with E-state index in [0.717, 1.165) is 16.7 Å². The maximum Gasteiger partial charge on any atom is 0.371 e. The first-order valence-electron chi connectivity index (χ1n) is 9.41. The van der Waals surface area contributed by atoms with E-state index in [1.807, 2.05) is 25.1 Å². The summed E-state index contributed by atoms with van der Waals surface area (Å²) in [6.07, 6.45) is 0. The molecule has 0 bridgehead atoms. The molecule has 154 valence electrons. The van der Waals surface area contributed by atoms with Crippen LogP contribution in [0.4, 0.5) is 5.69 Å². The normalized spacial score (nSPS) is 10.7. The molecular weight excluding hydrogens is 400 g/mol. The maximum absolute atomic E-state index is 12.4. The maximum atomic E-state index is 12.4. The Hall–Kier alpha value is -3.45. The quantitative estimate of drug-likeness (QED) is 0.489. The van der Waals surface area contributed by atoms with Crippen molar-refractivity contribution in [2.45, 2.75) is 26.7 Å². The number of nitrogens with one attached hydrogen (secondary N) is 2. The number of carboxylic acid groups (broad SMARTS) is 1. The van der Waals surface area contributed by atoms with Crippen molar-refractivity contribution in [1.82, 2.24) is 5.32 Å². The zero-order valence-electron chi connectivity index (χ0n) is 16.9. The van der Waals surface area contributed by atoms with Crippen LogP contribution in [0.2, 0.25) is 0 Å². The third-order valence-electron chi connectivity index (χ3n) is 4.63. The van der Waals surface area contributed by atoms with Crippen LogP contribution in [-0.4, -0.2) is 22.1 Å². The van der Waals surface area contributed by atoms with Gasteiger partial charge in [-0.3, -0.25) is 10.1 Å².